The average Bonchev–Trinajstić information content (AvgIpc) is 3.19. The molecule has 3 aromatic rings. The van der Waals surface area contributed by atoms with Gasteiger partial charge in [-0.05, 0) is 43.0 Å². The first kappa shape index (κ1) is 18.9. The van der Waals surface area contributed by atoms with Crippen LogP contribution >= 0.6 is 11.3 Å². The van der Waals surface area contributed by atoms with E-state index in [0.29, 0.717) is 6.54 Å². The Kier molecular flexibility index (Phi) is 5.57. The molecule has 0 aliphatic heterocycles. The predicted molar refractivity (Wildman–Crippen MR) is 113 cm³/mol. The standard InChI is InChI=1S/C22H25N3O2S/c1-15-10-11-18(27-2)19-20(15)28-22(24-19)25(14-16-7-6-12-23-13-16)21(26)17-8-4-3-5-9-17/h6-7,10-13,17H,3-5,8-9,14H2,1-2H3. The molecule has 1 aromatic carbocycles. The van der Waals surface area contributed by atoms with Crippen molar-refractivity contribution >= 4 is 32.6 Å². The zero-order valence-corrected chi connectivity index (χ0v) is 17.2. The molecule has 1 saturated carbocycles. The third-order valence-corrected chi connectivity index (χ3v) is 6.64. The first-order valence-electron chi connectivity index (χ1n) is 9.82. The van der Waals surface area contributed by atoms with Gasteiger partial charge in [0.05, 0.1) is 18.4 Å². The first-order chi connectivity index (χ1) is 13.7. The van der Waals surface area contributed by atoms with E-state index in [1.807, 2.05) is 35.4 Å². The topological polar surface area (TPSA) is 55.3 Å². The molecule has 1 fully saturated rings. The summed E-state index contributed by atoms with van der Waals surface area (Å²) in [6, 6.07) is 7.89. The van der Waals surface area contributed by atoms with Crippen LogP contribution in [0.25, 0.3) is 10.2 Å². The van der Waals surface area contributed by atoms with Gasteiger partial charge in [-0.25, -0.2) is 4.98 Å². The molecule has 0 unspecified atom stereocenters. The number of benzene rings is 1. The highest BCUT2D eigenvalue weighted by Crippen LogP contribution is 2.38. The molecule has 1 amide bonds. The molecule has 0 N–H and O–H groups in total. The van der Waals surface area contributed by atoms with Crippen LogP contribution in [0.3, 0.4) is 0 Å². The second-order valence-electron chi connectivity index (χ2n) is 7.38. The van der Waals surface area contributed by atoms with Gasteiger partial charge in [-0.3, -0.25) is 14.7 Å². The minimum absolute atomic E-state index is 0.0837. The van der Waals surface area contributed by atoms with Crippen LogP contribution in [0.15, 0.2) is 36.7 Å². The highest BCUT2D eigenvalue weighted by atomic mass is 32.1. The Morgan fingerprint density at radius 1 is 1.25 bits per heavy atom. The minimum Gasteiger partial charge on any atom is -0.494 e. The summed E-state index contributed by atoms with van der Waals surface area (Å²) in [6.07, 6.45) is 8.99. The largest absolute Gasteiger partial charge is 0.494 e. The van der Waals surface area contributed by atoms with Crippen LogP contribution in [0, 0.1) is 12.8 Å². The number of rotatable bonds is 5. The van der Waals surface area contributed by atoms with Gasteiger partial charge in [-0.2, -0.15) is 0 Å². The first-order valence-corrected chi connectivity index (χ1v) is 10.6. The van der Waals surface area contributed by atoms with Gasteiger partial charge in [0.2, 0.25) is 5.91 Å². The fourth-order valence-corrected chi connectivity index (χ4v) is 4.92. The van der Waals surface area contributed by atoms with Crippen LogP contribution in [0.4, 0.5) is 5.13 Å². The van der Waals surface area contributed by atoms with Gasteiger partial charge in [0.25, 0.3) is 0 Å². The van der Waals surface area contributed by atoms with Gasteiger partial charge in [-0.15, -0.1) is 0 Å². The molecule has 2 aromatic heterocycles. The summed E-state index contributed by atoms with van der Waals surface area (Å²) in [4.78, 5) is 24.4. The minimum atomic E-state index is 0.0837. The van der Waals surface area contributed by atoms with E-state index in [2.05, 4.69) is 11.9 Å². The van der Waals surface area contributed by atoms with Crippen molar-refractivity contribution in [3.63, 3.8) is 0 Å². The monoisotopic (exact) mass is 395 g/mol. The number of amides is 1. The molecule has 6 heteroatoms. The maximum Gasteiger partial charge on any atom is 0.232 e. The predicted octanol–water partition coefficient (Wildman–Crippen LogP) is 5.12. The van der Waals surface area contributed by atoms with Gasteiger partial charge in [-0.1, -0.05) is 42.7 Å². The summed E-state index contributed by atoms with van der Waals surface area (Å²) >= 11 is 1.57. The number of fused-ring (bicyclic) bond motifs is 1. The number of aryl methyl sites for hydroxylation is 1. The zero-order chi connectivity index (χ0) is 19.5. The lowest BCUT2D eigenvalue weighted by Gasteiger charge is -2.27. The summed E-state index contributed by atoms with van der Waals surface area (Å²) in [7, 11) is 1.66. The van der Waals surface area contributed by atoms with Crippen LogP contribution in [-0.2, 0) is 11.3 Å². The lowest BCUT2D eigenvalue weighted by Crippen LogP contribution is -2.36. The summed E-state index contributed by atoms with van der Waals surface area (Å²) in [5.74, 6) is 1.01. The Labute approximate surface area is 169 Å². The quantitative estimate of drug-likeness (QED) is 0.601. The second-order valence-corrected chi connectivity index (χ2v) is 8.36. The number of anilines is 1. The molecular weight excluding hydrogens is 370 g/mol. The fraction of sp³-hybridized carbons (Fsp3) is 0.409. The smallest absolute Gasteiger partial charge is 0.232 e. The van der Waals surface area contributed by atoms with E-state index < -0.39 is 0 Å². The van der Waals surface area contributed by atoms with E-state index in [1.54, 1.807) is 24.6 Å². The summed E-state index contributed by atoms with van der Waals surface area (Å²) in [5.41, 5.74) is 2.98. The number of aromatic nitrogens is 2. The lowest BCUT2D eigenvalue weighted by molar-refractivity contribution is -0.123. The molecule has 1 aliphatic rings. The normalized spacial score (nSPS) is 14.9. The van der Waals surface area contributed by atoms with Crippen LogP contribution < -0.4 is 9.64 Å². The van der Waals surface area contributed by atoms with Crippen molar-refractivity contribution in [1.82, 2.24) is 9.97 Å². The van der Waals surface area contributed by atoms with Crippen LogP contribution in [-0.4, -0.2) is 23.0 Å². The lowest BCUT2D eigenvalue weighted by atomic mass is 9.88. The van der Waals surface area contributed by atoms with Crippen LogP contribution in [0.5, 0.6) is 5.75 Å². The number of hydrogen-bond donors (Lipinski definition) is 0. The van der Waals surface area contributed by atoms with Crippen molar-refractivity contribution in [2.24, 2.45) is 5.92 Å². The average molecular weight is 396 g/mol. The highest BCUT2D eigenvalue weighted by Gasteiger charge is 2.29. The highest BCUT2D eigenvalue weighted by molar-refractivity contribution is 7.22. The molecule has 0 saturated heterocycles. The van der Waals surface area contributed by atoms with Crippen LogP contribution in [0.2, 0.25) is 0 Å². The third-order valence-electron chi connectivity index (χ3n) is 5.43. The molecule has 0 radical (unpaired) electrons. The third kappa shape index (κ3) is 3.74. The second kappa shape index (κ2) is 8.27. The molecular formula is C22H25N3O2S. The van der Waals surface area contributed by atoms with Crippen molar-refractivity contribution in [3.05, 3.63) is 47.8 Å². The summed E-state index contributed by atoms with van der Waals surface area (Å²) in [6.45, 7) is 2.56. The van der Waals surface area contributed by atoms with E-state index in [4.69, 9.17) is 9.72 Å². The summed E-state index contributed by atoms with van der Waals surface area (Å²) in [5, 5.41) is 0.738. The van der Waals surface area contributed by atoms with Crippen molar-refractivity contribution in [1.29, 1.82) is 0 Å². The van der Waals surface area contributed by atoms with Crippen molar-refractivity contribution in [2.75, 3.05) is 12.0 Å². The van der Waals surface area contributed by atoms with Gasteiger partial charge in [0, 0.05) is 18.3 Å². The number of carbonyl (C=O) groups excluding carboxylic acids is 1. The Morgan fingerprint density at radius 2 is 2.07 bits per heavy atom. The molecule has 5 nitrogen and oxygen atoms in total. The molecule has 28 heavy (non-hydrogen) atoms. The molecule has 1 aliphatic carbocycles. The van der Waals surface area contributed by atoms with Gasteiger partial charge >= 0.3 is 0 Å². The zero-order valence-electron chi connectivity index (χ0n) is 16.4. The van der Waals surface area contributed by atoms with Gasteiger partial charge in [0.1, 0.15) is 11.3 Å². The Morgan fingerprint density at radius 3 is 2.79 bits per heavy atom. The SMILES string of the molecule is COc1ccc(C)c2sc(N(Cc3cccnc3)C(=O)C3CCCCC3)nc12. The number of hydrogen-bond acceptors (Lipinski definition) is 5. The molecule has 0 spiro atoms. The number of pyridine rings is 1. The Balaban J connectivity index is 1.75. The van der Waals surface area contributed by atoms with Crippen LogP contribution in [0.1, 0.15) is 43.2 Å². The fourth-order valence-electron chi connectivity index (χ4n) is 3.86. The molecule has 146 valence electrons. The molecule has 0 bridgehead atoms. The molecule has 2 heterocycles. The molecule has 0 atom stereocenters. The van der Waals surface area contributed by atoms with Gasteiger partial charge < -0.3 is 4.74 Å². The van der Waals surface area contributed by atoms with E-state index >= 15 is 0 Å². The number of methoxy groups -OCH3 is 1. The maximum absolute atomic E-state index is 13.5. The number of ether oxygens (including phenoxy) is 1. The Bertz CT molecular complexity index is 965. The van der Waals surface area contributed by atoms with Crippen molar-refractivity contribution in [3.8, 4) is 5.75 Å². The number of carbonyl (C=O) groups is 1. The van der Waals surface area contributed by atoms with Crippen molar-refractivity contribution in [2.45, 2.75) is 45.6 Å². The number of nitrogens with zero attached hydrogens (tertiary/aromatic N) is 3. The van der Waals surface area contributed by atoms with E-state index in [1.165, 1.54) is 6.42 Å². The maximum atomic E-state index is 13.5. The Hall–Kier alpha value is -2.47. The van der Waals surface area contributed by atoms with Crippen molar-refractivity contribution < 1.29 is 9.53 Å². The summed E-state index contributed by atoms with van der Waals surface area (Å²) < 4.78 is 6.57. The molecule has 4 rings (SSSR count). The van der Waals surface area contributed by atoms with Gasteiger partial charge in [0.15, 0.2) is 5.13 Å². The van der Waals surface area contributed by atoms with E-state index in [9.17, 15) is 4.79 Å². The van der Waals surface area contributed by atoms with E-state index in [0.717, 1.165) is 57.9 Å². The van der Waals surface area contributed by atoms with E-state index in [-0.39, 0.29) is 11.8 Å². The number of thiazole rings is 1.